The molecule has 1 atom stereocenters. The van der Waals surface area contributed by atoms with E-state index in [1.54, 1.807) is 12.1 Å². The van der Waals surface area contributed by atoms with Gasteiger partial charge in [0.2, 0.25) is 11.8 Å². The highest BCUT2D eigenvalue weighted by atomic mass is 35.5. The summed E-state index contributed by atoms with van der Waals surface area (Å²) in [5, 5.41) is 3.04. The van der Waals surface area contributed by atoms with Crippen molar-refractivity contribution in [2.24, 2.45) is 0 Å². The number of H-pyrrole nitrogens is 1. The number of thioether (sulfide) groups is 1. The van der Waals surface area contributed by atoms with E-state index in [4.69, 9.17) is 16.6 Å². The topological polar surface area (TPSA) is 78.1 Å². The van der Waals surface area contributed by atoms with Gasteiger partial charge in [-0.1, -0.05) is 23.7 Å². The van der Waals surface area contributed by atoms with Crippen molar-refractivity contribution >= 4 is 51.9 Å². The van der Waals surface area contributed by atoms with Crippen molar-refractivity contribution < 1.29 is 9.59 Å². The number of carbonyl (C=O) groups excluding carboxylic acids is 2. The molecule has 30 heavy (non-hydrogen) atoms. The van der Waals surface area contributed by atoms with Gasteiger partial charge in [0.05, 0.1) is 22.0 Å². The number of hydrogen-bond donors (Lipinski definition) is 2. The van der Waals surface area contributed by atoms with Gasteiger partial charge < -0.3 is 15.2 Å². The van der Waals surface area contributed by atoms with Gasteiger partial charge in [-0.05, 0) is 43.2 Å². The normalized spacial score (nSPS) is 19.6. The van der Waals surface area contributed by atoms with E-state index >= 15 is 0 Å². The number of likely N-dealkylation sites (tertiary alicyclic amines) is 1. The van der Waals surface area contributed by atoms with Gasteiger partial charge in [-0.25, -0.2) is 4.98 Å². The number of amides is 2. The summed E-state index contributed by atoms with van der Waals surface area (Å²) in [6.45, 7) is 1.37. The molecular formula is C22H21ClN4O2S. The monoisotopic (exact) mass is 440 g/mol. The molecule has 2 N–H and O–H groups in total. The highest BCUT2D eigenvalue weighted by Crippen LogP contribution is 2.38. The van der Waals surface area contributed by atoms with E-state index in [9.17, 15) is 9.59 Å². The number of piperidine rings is 1. The average molecular weight is 441 g/mol. The lowest BCUT2D eigenvalue weighted by Gasteiger charge is -2.32. The largest absolute Gasteiger partial charge is 0.343 e. The number of rotatable bonds is 3. The molecule has 0 aliphatic carbocycles. The summed E-state index contributed by atoms with van der Waals surface area (Å²) in [5.74, 6) is 1.22. The highest BCUT2D eigenvalue weighted by molar-refractivity contribution is 8.01. The molecule has 1 fully saturated rings. The molecule has 0 bridgehead atoms. The van der Waals surface area contributed by atoms with Crippen LogP contribution in [0.2, 0.25) is 5.02 Å². The SMILES string of the molecule is O=C1Nc2cc(Cl)ccc2SC1CC(=O)N1CCC(c2nc3ccccc3[nH]2)CC1. The van der Waals surface area contributed by atoms with Crippen molar-refractivity contribution in [1.82, 2.24) is 14.9 Å². The molecular weight excluding hydrogens is 420 g/mol. The third-order valence-electron chi connectivity index (χ3n) is 5.76. The van der Waals surface area contributed by atoms with Crippen LogP contribution in [0.4, 0.5) is 5.69 Å². The zero-order chi connectivity index (χ0) is 20.7. The van der Waals surface area contributed by atoms with Crippen LogP contribution in [-0.4, -0.2) is 45.0 Å². The van der Waals surface area contributed by atoms with Crippen molar-refractivity contribution in [3.8, 4) is 0 Å². The molecule has 154 valence electrons. The van der Waals surface area contributed by atoms with Crippen molar-refractivity contribution in [3.63, 3.8) is 0 Å². The van der Waals surface area contributed by atoms with Crippen molar-refractivity contribution in [3.05, 3.63) is 53.3 Å². The van der Waals surface area contributed by atoms with Crippen LogP contribution >= 0.6 is 23.4 Å². The number of carbonyl (C=O) groups is 2. The molecule has 3 aromatic rings. The molecule has 1 unspecified atom stereocenters. The van der Waals surface area contributed by atoms with Gasteiger partial charge in [-0.2, -0.15) is 0 Å². The van der Waals surface area contributed by atoms with Crippen LogP contribution in [0.5, 0.6) is 0 Å². The third-order valence-corrected chi connectivity index (χ3v) is 7.27. The van der Waals surface area contributed by atoms with Gasteiger partial charge >= 0.3 is 0 Å². The Balaban J connectivity index is 1.20. The summed E-state index contributed by atoms with van der Waals surface area (Å²) >= 11 is 7.43. The van der Waals surface area contributed by atoms with Gasteiger partial charge in [0, 0.05) is 35.3 Å². The lowest BCUT2D eigenvalue weighted by molar-refractivity contribution is -0.133. The molecule has 5 rings (SSSR count). The Bertz CT molecular complexity index is 1090. The molecule has 0 spiro atoms. The van der Waals surface area contributed by atoms with Crippen LogP contribution < -0.4 is 5.32 Å². The molecule has 8 heteroatoms. The van der Waals surface area contributed by atoms with Crippen LogP contribution in [0, 0.1) is 0 Å². The van der Waals surface area contributed by atoms with Gasteiger partial charge in [0.25, 0.3) is 0 Å². The molecule has 6 nitrogen and oxygen atoms in total. The first-order valence-electron chi connectivity index (χ1n) is 10.1. The summed E-state index contributed by atoms with van der Waals surface area (Å²) in [6, 6.07) is 13.4. The second-order valence-electron chi connectivity index (χ2n) is 7.73. The minimum atomic E-state index is -0.417. The highest BCUT2D eigenvalue weighted by Gasteiger charge is 2.32. The summed E-state index contributed by atoms with van der Waals surface area (Å²) in [7, 11) is 0. The number of aromatic nitrogens is 2. The summed E-state index contributed by atoms with van der Waals surface area (Å²) in [4.78, 5) is 36.3. The smallest absolute Gasteiger partial charge is 0.238 e. The first-order chi connectivity index (χ1) is 14.6. The van der Waals surface area contributed by atoms with Crippen LogP contribution in [0.25, 0.3) is 11.0 Å². The van der Waals surface area contributed by atoms with E-state index in [0.29, 0.717) is 29.7 Å². The Morgan fingerprint density at radius 2 is 2.00 bits per heavy atom. The fourth-order valence-corrected chi connectivity index (χ4v) is 5.37. The maximum Gasteiger partial charge on any atom is 0.238 e. The number of nitrogens with zero attached hydrogens (tertiary/aromatic N) is 2. The van der Waals surface area contributed by atoms with Crippen LogP contribution in [0.1, 0.15) is 31.0 Å². The van der Waals surface area contributed by atoms with Gasteiger partial charge in [0.1, 0.15) is 5.82 Å². The van der Waals surface area contributed by atoms with Crippen LogP contribution in [0.15, 0.2) is 47.4 Å². The van der Waals surface area contributed by atoms with Gasteiger partial charge in [0.15, 0.2) is 0 Å². The Labute approximate surface area is 183 Å². The molecule has 2 aromatic carbocycles. The minimum Gasteiger partial charge on any atom is -0.343 e. The molecule has 0 radical (unpaired) electrons. The number of benzene rings is 2. The number of aromatic amines is 1. The average Bonchev–Trinajstić information content (AvgIpc) is 3.19. The number of anilines is 1. The fourth-order valence-electron chi connectivity index (χ4n) is 4.11. The molecule has 3 heterocycles. The van der Waals surface area contributed by atoms with Gasteiger partial charge in [-0.3, -0.25) is 9.59 Å². The van der Waals surface area contributed by atoms with Crippen molar-refractivity contribution in [2.45, 2.75) is 35.3 Å². The van der Waals surface area contributed by atoms with Crippen molar-refractivity contribution in [1.29, 1.82) is 0 Å². The van der Waals surface area contributed by atoms with Gasteiger partial charge in [-0.15, -0.1) is 11.8 Å². The van der Waals surface area contributed by atoms with Crippen LogP contribution in [-0.2, 0) is 9.59 Å². The Kier molecular flexibility index (Phi) is 5.16. The molecule has 2 aliphatic rings. The molecule has 0 saturated carbocycles. The number of para-hydroxylation sites is 2. The molecule has 1 aromatic heterocycles. The Morgan fingerprint density at radius 3 is 2.80 bits per heavy atom. The number of imidazole rings is 1. The zero-order valence-corrected chi connectivity index (χ0v) is 17.8. The maximum atomic E-state index is 12.9. The Hall–Kier alpha value is -2.51. The first kappa shape index (κ1) is 19.5. The van der Waals surface area contributed by atoms with E-state index in [1.165, 1.54) is 11.8 Å². The van der Waals surface area contributed by atoms with E-state index in [1.807, 2.05) is 35.2 Å². The standard InChI is InChI=1S/C22H21ClN4O2S/c23-14-5-6-18-17(11-14)26-22(29)19(30-18)12-20(28)27-9-7-13(8-10-27)21-24-15-3-1-2-4-16(15)25-21/h1-6,11,13,19H,7-10,12H2,(H,24,25)(H,26,29). The lowest BCUT2D eigenvalue weighted by atomic mass is 9.96. The lowest BCUT2D eigenvalue weighted by Crippen LogP contribution is -2.41. The Morgan fingerprint density at radius 1 is 1.20 bits per heavy atom. The first-order valence-corrected chi connectivity index (χ1v) is 11.3. The number of halogens is 1. The second kappa shape index (κ2) is 7.96. The quantitative estimate of drug-likeness (QED) is 0.631. The minimum absolute atomic E-state index is 0.0307. The molecule has 1 saturated heterocycles. The predicted molar refractivity (Wildman–Crippen MR) is 119 cm³/mol. The molecule has 2 amide bonds. The maximum absolute atomic E-state index is 12.9. The molecule has 2 aliphatic heterocycles. The number of hydrogen-bond acceptors (Lipinski definition) is 4. The van der Waals surface area contributed by atoms with Crippen LogP contribution in [0.3, 0.4) is 0 Å². The zero-order valence-electron chi connectivity index (χ0n) is 16.2. The van der Waals surface area contributed by atoms with Crippen molar-refractivity contribution in [2.75, 3.05) is 18.4 Å². The fraction of sp³-hybridized carbons (Fsp3) is 0.318. The predicted octanol–water partition coefficient (Wildman–Crippen LogP) is 4.43. The third kappa shape index (κ3) is 3.79. The summed E-state index contributed by atoms with van der Waals surface area (Å²) in [6.07, 6.45) is 1.95. The van der Waals surface area contributed by atoms with E-state index in [2.05, 4.69) is 10.3 Å². The number of nitrogens with one attached hydrogen (secondary N) is 2. The summed E-state index contributed by atoms with van der Waals surface area (Å²) in [5.41, 5.74) is 2.74. The number of fused-ring (bicyclic) bond motifs is 2. The van der Waals surface area contributed by atoms with E-state index < -0.39 is 5.25 Å². The van der Waals surface area contributed by atoms with E-state index in [-0.39, 0.29) is 18.2 Å². The van der Waals surface area contributed by atoms with E-state index in [0.717, 1.165) is 34.6 Å². The second-order valence-corrected chi connectivity index (χ2v) is 9.42. The summed E-state index contributed by atoms with van der Waals surface area (Å²) < 4.78 is 0.